The number of hydrogen-bond donors (Lipinski definition) is 1. The molecule has 2 aliphatic carbocycles. The summed E-state index contributed by atoms with van der Waals surface area (Å²) in [6.07, 6.45) is 9.91. The molecule has 4 heteroatoms. The standard InChI is InChI=1S/C16H30N2O2/c1-18(9-10-20-12-14-7-8-14)16(19)15(17)11-13-5-3-2-4-6-13/h13-15H,2-12,17H2,1H3. The van der Waals surface area contributed by atoms with E-state index in [4.69, 9.17) is 10.5 Å². The molecule has 0 radical (unpaired) electrons. The van der Waals surface area contributed by atoms with Crippen LogP contribution in [0.3, 0.4) is 0 Å². The number of carbonyl (C=O) groups excluding carboxylic acids is 1. The van der Waals surface area contributed by atoms with Gasteiger partial charge in [0.05, 0.1) is 12.6 Å². The Morgan fingerprint density at radius 2 is 1.90 bits per heavy atom. The number of likely N-dealkylation sites (N-methyl/N-ethyl adjacent to an activating group) is 1. The van der Waals surface area contributed by atoms with E-state index in [9.17, 15) is 4.79 Å². The molecule has 116 valence electrons. The van der Waals surface area contributed by atoms with Gasteiger partial charge in [-0.2, -0.15) is 0 Å². The van der Waals surface area contributed by atoms with Crippen molar-refractivity contribution in [2.75, 3.05) is 26.8 Å². The Bertz CT molecular complexity index is 299. The number of amides is 1. The summed E-state index contributed by atoms with van der Waals surface area (Å²) >= 11 is 0. The van der Waals surface area contributed by atoms with E-state index in [0.717, 1.165) is 18.9 Å². The van der Waals surface area contributed by atoms with Gasteiger partial charge in [-0.15, -0.1) is 0 Å². The molecule has 1 amide bonds. The quantitative estimate of drug-likeness (QED) is 0.694. The van der Waals surface area contributed by atoms with Gasteiger partial charge in [0.15, 0.2) is 0 Å². The van der Waals surface area contributed by atoms with Gasteiger partial charge >= 0.3 is 0 Å². The molecule has 1 unspecified atom stereocenters. The van der Waals surface area contributed by atoms with Crippen molar-refractivity contribution >= 4 is 5.91 Å². The SMILES string of the molecule is CN(CCOCC1CC1)C(=O)C(N)CC1CCCCC1. The summed E-state index contributed by atoms with van der Waals surface area (Å²) in [5.41, 5.74) is 6.08. The third kappa shape index (κ3) is 5.41. The molecule has 0 aromatic carbocycles. The topological polar surface area (TPSA) is 55.6 Å². The minimum Gasteiger partial charge on any atom is -0.379 e. The first-order chi connectivity index (χ1) is 9.66. The van der Waals surface area contributed by atoms with E-state index in [1.165, 1.54) is 44.9 Å². The zero-order valence-electron chi connectivity index (χ0n) is 12.9. The van der Waals surface area contributed by atoms with Crippen LogP contribution in [0.2, 0.25) is 0 Å². The Kier molecular flexibility index (Phi) is 6.30. The molecular formula is C16H30N2O2. The van der Waals surface area contributed by atoms with E-state index >= 15 is 0 Å². The second-order valence-corrected chi connectivity index (χ2v) is 6.62. The average molecular weight is 282 g/mol. The van der Waals surface area contributed by atoms with Gasteiger partial charge in [-0.1, -0.05) is 32.1 Å². The smallest absolute Gasteiger partial charge is 0.239 e. The highest BCUT2D eigenvalue weighted by Crippen LogP contribution is 2.29. The predicted octanol–water partition coefficient (Wildman–Crippen LogP) is 2.17. The van der Waals surface area contributed by atoms with Crippen LogP contribution in [0.25, 0.3) is 0 Å². The Morgan fingerprint density at radius 3 is 2.55 bits per heavy atom. The number of ether oxygens (including phenoxy) is 1. The summed E-state index contributed by atoms with van der Waals surface area (Å²) in [7, 11) is 1.84. The maximum absolute atomic E-state index is 12.2. The first-order valence-corrected chi connectivity index (χ1v) is 8.25. The van der Waals surface area contributed by atoms with E-state index in [1.54, 1.807) is 4.90 Å². The number of nitrogens with two attached hydrogens (primary N) is 1. The molecule has 2 rings (SSSR count). The fourth-order valence-corrected chi connectivity index (χ4v) is 3.01. The van der Waals surface area contributed by atoms with Crippen molar-refractivity contribution in [3.05, 3.63) is 0 Å². The van der Waals surface area contributed by atoms with Crippen LogP contribution in [0.15, 0.2) is 0 Å². The predicted molar refractivity (Wildman–Crippen MR) is 80.3 cm³/mol. The van der Waals surface area contributed by atoms with Crippen LogP contribution in [0.1, 0.15) is 51.4 Å². The van der Waals surface area contributed by atoms with Gasteiger partial charge in [0.2, 0.25) is 5.91 Å². The molecule has 4 nitrogen and oxygen atoms in total. The molecule has 2 N–H and O–H groups in total. The van der Waals surface area contributed by atoms with Crippen molar-refractivity contribution in [3.63, 3.8) is 0 Å². The Labute approximate surface area is 123 Å². The second kappa shape index (κ2) is 7.99. The van der Waals surface area contributed by atoms with Crippen LogP contribution < -0.4 is 5.73 Å². The Morgan fingerprint density at radius 1 is 1.20 bits per heavy atom. The zero-order chi connectivity index (χ0) is 14.4. The van der Waals surface area contributed by atoms with Crippen molar-refractivity contribution in [2.45, 2.75) is 57.4 Å². The zero-order valence-corrected chi connectivity index (χ0v) is 12.9. The Balaban J connectivity index is 1.59. The molecule has 0 aromatic rings. The number of hydrogen-bond acceptors (Lipinski definition) is 3. The monoisotopic (exact) mass is 282 g/mol. The van der Waals surface area contributed by atoms with E-state index in [-0.39, 0.29) is 11.9 Å². The highest BCUT2D eigenvalue weighted by atomic mass is 16.5. The van der Waals surface area contributed by atoms with Gasteiger partial charge in [-0.05, 0) is 31.1 Å². The van der Waals surface area contributed by atoms with Crippen molar-refractivity contribution in [1.82, 2.24) is 4.90 Å². The van der Waals surface area contributed by atoms with E-state index in [1.807, 2.05) is 7.05 Å². The van der Waals surface area contributed by atoms with Gasteiger partial charge in [0, 0.05) is 20.2 Å². The number of rotatable bonds is 8. The largest absolute Gasteiger partial charge is 0.379 e. The fourth-order valence-electron chi connectivity index (χ4n) is 3.01. The highest BCUT2D eigenvalue weighted by molar-refractivity contribution is 5.81. The molecule has 2 fully saturated rings. The normalized spacial score (nSPS) is 21.7. The molecule has 2 aliphatic rings. The molecule has 0 bridgehead atoms. The van der Waals surface area contributed by atoms with Crippen molar-refractivity contribution in [1.29, 1.82) is 0 Å². The second-order valence-electron chi connectivity index (χ2n) is 6.62. The minimum atomic E-state index is -0.327. The minimum absolute atomic E-state index is 0.0746. The summed E-state index contributed by atoms with van der Waals surface area (Å²) in [5, 5.41) is 0. The third-order valence-electron chi connectivity index (χ3n) is 4.63. The first kappa shape index (κ1) is 15.8. The molecule has 0 aliphatic heterocycles. The molecule has 1 atom stereocenters. The van der Waals surface area contributed by atoms with Crippen LogP contribution in [-0.4, -0.2) is 43.7 Å². The van der Waals surface area contributed by atoms with Crippen molar-refractivity contribution in [2.24, 2.45) is 17.6 Å². The van der Waals surface area contributed by atoms with E-state index in [0.29, 0.717) is 19.1 Å². The van der Waals surface area contributed by atoms with Gasteiger partial charge in [-0.25, -0.2) is 0 Å². The molecule has 0 aromatic heterocycles. The van der Waals surface area contributed by atoms with Crippen molar-refractivity contribution in [3.8, 4) is 0 Å². The maximum Gasteiger partial charge on any atom is 0.239 e. The van der Waals surface area contributed by atoms with Crippen LogP contribution >= 0.6 is 0 Å². The molecule has 0 spiro atoms. The van der Waals surface area contributed by atoms with E-state index in [2.05, 4.69) is 0 Å². The third-order valence-corrected chi connectivity index (χ3v) is 4.63. The van der Waals surface area contributed by atoms with Gasteiger partial charge in [0.25, 0.3) is 0 Å². The molecule has 0 saturated heterocycles. The fraction of sp³-hybridized carbons (Fsp3) is 0.938. The summed E-state index contributed by atoms with van der Waals surface area (Å²) in [5.74, 6) is 1.51. The van der Waals surface area contributed by atoms with Crippen LogP contribution in [0.4, 0.5) is 0 Å². The highest BCUT2D eigenvalue weighted by Gasteiger charge is 2.24. The van der Waals surface area contributed by atoms with Crippen LogP contribution in [0.5, 0.6) is 0 Å². The lowest BCUT2D eigenvalue weighted by Gasteiger charge is -2.26. The van der Waals surface area contributed by atoms with Crippen molar-refractivity contribution < 1.29 is 9.53 Å². The maximum atomic E-state index is 12.2. The lowest BCUT2D eigenvalue weighted by molar-refractivity contribution is -0.132. The molecular weight excluding hydrogens is 252 g/mol. The summed E-state index contributed by atoms with van der Waals surface area (Å²) < 4.78 is 5.57. The molecule has 0 heterocycles. The van der Waals surface area contributed by atoms with Gasteiger partial charge < -0.3 is 15.4 Å². The summed E-state index contributed by atoms with van der Waals surface area (Å²) in [4.78, 5) is 13.9. The van der Waals surface area contributed by atoms with E-state index < -0.39 is 0 Å². The summed E-state index contributed by atoms with van der Waals surface area (Å²) in [6, 6.07) is -0.327. The number of carbonyl (C=O) groups is 1. The van der Waals surface area contributed by atoms with Gasteiger partial charge in [0.1, 0.15) is 0 Å². The summed E-state index contributed by atoms with van der Waals surface area (Å²) in [6.45, 7) is 2.15. The van der Waals surface area contributed by atoms with Gasteiger partial charge in [-0.3, -0.25) is 4.79 Å². The van der Waals surface area contributed by atoms with Crippen LogP contribution in [-0.2, 0) is 9.53 Å². The molecule has 2 saturated carbocycles. The lowest BCUT2D eigenvalue weighted by Crippen LogP contribution is -2.44. The van der Waals surface area contributed by atoms with Crippen LogP contribution in [0, 0.1) is 11.8 Å². The first-order valence-electron chi connectivity index (χ1n) is 8.25. The number of nitrogens with zero attached hydrogens (tertiary/aromatic N) is 1. The lowest BCUT2D eigenvalue weighted by atomic mass is 9.85. The average Bonchev–Trinajstić information content (AvgIpc) is 3.27. The Hall–Kier alpha value is -0.610. The molecule has 20 heavy (non-hydrogen) atoms.